The topological polar surface area (TPSA) is 67.8 Å². The molecule has 2 aromatic rings. The summed E-state index contributed by atoms with van der Waals surface area (Å²) < 4.78 is 0. The van der Waals surface area contributed by atoms with E-state index in [4.69, 9.17) is 11.6 Å². The van der Waals surface area contributed by atoms with E-state index in [-0.39, 0.29) is 11.6 Å². The molecule has 2 aromatic heterocycles. The largest absolute Gasteiger partial charge is 0.345 e. The molecule has 1 N–H and O–H groups in total. The van der Waals surface area contributed by atoms with Crippen molar-refractivity contribution < 1.29 is 4.79 Å². The van der Waals surface area contributed by atoms with Gasteiger partial charge < -0.3 is 5.32 Å². The van der Waals surface area contributed by atoms with E-state index in [1.165, 1.54) is 0 Å². The Labute approximate surface area is 109 Å². The number of pyridine rings is 1. The van der Waals surface area contributed by atoms with Gasteiger partial charge >= 0.3 is 0 Å². The fraction of sp³-hybridized carbons (Fsp3) is 0.167. The van der Waals surface area contributed by atoms with Crippen molar-refractivity contribution in [3.05, 3.63) is 52.8 Å². The molecule has 0 aliphatic carbocycles. The molecule has 0 unspecified atom stereocenters. The van der Waals surface area contributed by atoms with Crippen molar-refractivity contribution in [3.8, 4) is 0 Å². The third-order valence-electron chi connectivity index (χ3n) is 2.21. The van der Waals surface area contributed by atoms with Crippen LogP contribution in [0, 0.1) is 6.92 Å². The zero-order valence-corrected chi connectivity index (χ0v) is 10.5. The Bertz CT molecular complexity index is 574. The lowest BCUT2D eigenvalue weighted by molar-refractivity contribution is 0.0945. The minimum atomic E-state index is -0.284. The van der Waals surface area contributed by atoms with Crippen molar-refractivity contribution in [2.45, 2.75) is 13.5 Å². The van der Waals surface area contributed by atoms with Crippen LogP contribution < -0.4 is 5.32 Å². The Morgan fingerprint density at radius 3 is 2.89 bits per heavy atom. The number of hydrogen-bond donors (Lipinski definition) is 1. The molecule has 92 valence electrons. The summed E-state index contributed by atoms with van der Waals surface area (Å²) in [4.78, 5) is 23.9. The number of aryl methyl sites for hydroxylation is 1. The van der Waals surface area contributed by atoms with Gasteiger partial charge in [0.15, 0.2) is 0 Å². The van der Waals surface area contributed by atoms with Gasteiger partial charge in [-0.2, -0.15) is 0 Å². The number of halogens is 1. The quantitative estimate of drug-likeness (QED) is 0.856. The van der Waals surface area contributed by atoms with E-state index in [0.29, 0.717) is 17.5 Å². The van der Waals surface area contributed by atoms with Gasteiger partial charge in [0.1, 0.15) is 16.7 Å². The second-order valence-electron chi connectivity index (χ2n) is 3.62. The van der Waals surface area contributed by atoms with E-state index in [0.717, 1.165) is 5.69 Å². The van der Waals surface area contributed by atoms with Crippen LogP contribution in [0.5, 0.6) is 0 Å². The summed E-state index contributed by atoms with van der Waals surface area (Å²) in [6.45, 7) is 2.13. The summed E-state index contributed by atoms with van der Waals surface area (Å²) in [6, 6.07) is 6.65. The van der Waals surface area contributed by atoms with Gasteiger partial charge in [0.2, 0.25) is 0 Å². The van der Waals surface area contributed by atoms with Gasteiger partial charge in [0.05, 0.1) is 12.2 Å². The number of carbonyl (C=O) groups is 1. The van der Waals surface area contributed by atoms with E-state index in [1.807, 2.05) is 0 Å². The van der Waals surface area contributed by atoms with E-state index in [1.54, 1.807) is 37.4 Å². The predicted molar refractivity (Wildman–Crippen MR) is 67.2 cm³/mol. The highest BCUT2D eigenvalue weighted by atomic mass is 35.5. The first-order valence-corrected chi connectivity index (χ1v) is 5.72. The molecule has 0 radical (unpaired) electrons. The SMILES string of the molecule is Cc1nccc(CNC(=O)c2cccc(Cl)n2)n1. The number of hydrogen-bond acceptors (Lipinski definition) is 4. The van der Waals surface area contributed by atoms with Crippen molar-refractivity contribution in [3.63, 3.8) is 0 Å². The van der Waals surface area contributed by atoms with Crippen molar-refractivity contribution >= 4 is 17.5 Å². The van der Waals surface area contributed by atoms with Gasteiger partial charge in [0.25, 0.3) is 5.91 Å². The lowest BCUT2D eigenvalue weighted by atomic mass is 10.3. The molecule has 2 heterocycles. The Balaban J connectivity index is 2.00. The number of nitrogens with one attached hydrogen (secondary N) is 1. The van der Waals surface area contributed by atoms with Crippen LogP contribution in [0.2, 0.25) is 5.15 Å². The first-order valence-electron chi connectivity index (χ1n) is 5.34. The fourth-order valence-electron chi connectivity index (χ4n) is 1.40. The number of rotatable bonds is 3. The summed E-state index contributed by atoms with van der Waals surface area (Å²) in [5.41, 5.74) is 1.03. The molecule has 18 heavy (non-hydrogen) atoms. The first kappa shape index (κ1) is 12.4. The average molecular weight is 263 g/mol. The molecule has 0 saturated heterocycles. The van der Waals surface area contributed by atoms with Gasteiger partial charge in [-0.25, -0.2) is 15.0 Å². The maximum atomic E-state index is 11.8. The highest BCUT2D eigenvalue weighted by Gasteiger charge is 2.07. The smallest absolute Gasteiger partial charge is 0.270 e. The van der Waals surface area contributed by atoms with Crippen molar-refractivity contribution in [1.29, 1.82) is 0 Å². The number of amides is 1. The lowest BCUT2D eigenvalue weighted by Crippen LogP contribution is -2.24. The van der Waals surface area contributed by atoms with Crippen LogP contribution in [-0.4, -0.2) is 20.9 Å². The van der Waals surface area contributed by atoms with Gasteiger partial charge in [-0.05, 0) is 25.1 Å². The van der Waals surface area contributed by atoms with E-state index >= 15 is 0 Å². The molecule has 0 bridgehead atoms. The summed E-state index contributed by atoms with van der Waals surface area (Å²) >= 11 is 5.72. The molecular formula is C12H11ClN4O. The standard InChI is InChI=1S/C12H11ClN4O/c1-8-14-6-5-9(16-8)7-15-12(18)10-3-2-4-11(13)17-10/h2-6H,7H2,1H3,(H,15,18). The number of aromatic nitrogens is 3. The minimum Gasteiger partial charge on any atom is -0.345 e. The van der Waals surface area contributed by atoms with Crippen molar-refractivity contribution in [2.24, 2.45) is 0 Å². The van der Waals surface area contributed by atoms with Gasteiger partial charge in [-0.1, -0.05) is 17.7 Å². The molecule has 0 saturated carbocycles. The average Bonchev–Trinajstić information content (AvgIpc) is 2.36. The molecule has 1 amide bonds. The monoisotopic (exact) mass is 262 g/mol. The minimum absolute atomic E-state index is 0.284. The van der Waals surface area contributed by atoms with E-state index in [9.17, 15) is 4.79 Å². The molecule has 0 spiro atoms. The summed E-state index contributed by atoms with van der Waals surface area (Å²) in [5, 5.41) is 3.01. The summed E-state index contributed by atoms with van der Waals surface area (Å²) in [5.74, 6) is 0.386. The van der Waals surface area contributed by atoms with Crippen LogP contribution in [0.1, 0.15) is 22.0 Å². The number of nitrogens with zero attached hydrogens (tertiary/aromatic N) is 3. The Hall–Kier alpha value is -2.01. The highest BCUT2D eigenvalue weighted by Crippen LogP contribution is 2.05. The third kappa shape index (κ3) is 3.24. The molecule has 0 aromatic carbocycles. The second kappa shape index (κ2) is 5.55. The highest BCUT2D eigenvalue weighted by molar-refractivity contribution is 6.29. The molecule has 2 rings (SSSR count). The van der Waals surface area contributed by atoms with E-state index < -0.39 is 0 Å². The molecule has 0 fully saturated rings. The van der Waals surface area contributed by atoms with Gasteiger partial charge in [0, 0.05) is 6.20 Å². The van der Waals surface area contributed by atoms with Crippen LogP contribution in [0.25, 0.3) is 0 Å². The van der Waals surface area contributed by atoms with Crippen LogP contribution in [0.15, 0.2) is 30.5 Å². The second-order valence-corrected chi connectivity index (χ2v) is 4.01. The normalized spacial score (nSPS) is 10.1. The summed E-state index contributed by atoms with van der Waals surface area (Å²) in [6.07, 6.45) is 1.65. The Morgan fingerprint density at radius 1 is 1.33 bits per heavy atom. The molecule has 0 atom stereocenters. The van der Waals surface area contributed by atoms with Gasteiger partial charge in [-0.3, -0.25) is 4.79 Å². The van der Waals surface area contributed by atoms with Crippen LogP contribution in [-0.2, 0) is 6.54 Å². The number of carbonyl (C=O) groups excluding carboxylic acids is 1. The fourth-order valence-corrected chi connectivity index (χ4v) is 1.56. The van der Waals surface area contributed by atoms with Gasteiger partial charge in [-0.15, -0.1) is 0 Å². The molecule has 6 heteroatoms. The predicted octanol–water partition coefficient (Wildman–Crippen LogP) is 1.76. The molecule has 5 nitrogen and oxygen atoms in total. The zero-order chi connectivity index (χ0) is 13.0. The van der Waals surface area contributed by atoms with Crippen molar-refractivity contribution in [2.75, 3.05) is 0 Å². The molecule has 0 aliphatic heterocycles. The molecule has 0 aliphatic rings. The summed E-state index contributed by atoms with van der Waals surface area (Å²) in [7, 11) is 0. The lowest BCUT2D eigenvalue weighted by Gasteiger charge is -2.04. The maximum Gasteiger partial charge on any atom is 0.270 e. The van der Waals surface area contributed by atoms with E-state index in [2.05, 4.69) is 20.3 Å². The van der Waals surface area contributed by atoms with Crippen LogP contribution in [0.4, 0.5) is 0 Å². The Morgan fingerprint density at radius 2 is 2.17 bits per heavy atom. The molecular weight excluding hydrogens is 252 g/mol. The zero-order valence-electron chi connectivity index (χ0n) is 9.72. The third-order valence-corrected chi connectivity index (χ3v) is 2.42. The van der Waals surface area contributed by atoms with Crippen LogP contribution in [0.3, 0.4) is 0 Å². The van der Waals surface area contributed by atoms with Crippen LogP contribution >= 0.6 is 11.6 Å². The maximum absolute atomic E-state index is 11.8. The Kier molecular flexibility index (Phi) is 3.84. The van der Waals surface area contributed by atoms with Crippen molar-refractivity contribution in [1.82, 2.24) is 20.3 Å². The first-order chi connectivity index (χ1) is 8.65.